The molecule has 2 aromatic heterocycles. The van der Waals surface area contributed by atoms with E-state index in [9.17, 15) is 13.6 Å². The van der Waals surface area contributed by atoms with Crippen molar-refractivity contribution in [2.75, 3.05) is 7.05 Å². The molecule has 1 amide bonds. The molecule has 0 bridgehead atoms. The van der Waals surface area contributed by atoms with Gasteiger partial charge in [0, 0.05) is 26.0 Å². The zero-order chi connectivity index (χ0) is 15.6. The van der Waals surface area contributed by atoms with Gasteiger partial charge < -0.3 is 4.90 Å². The van der Waals surface area contributed by atoms with Gasteiger partial charge >= 0.3 is 6.55 Å². The number of carbonyl (C=O) groups is 1. The number of amides is 1. The lowest BCUT2D eigenvalue weighted by Crippen LogP contribution is -2.29. The van der Waals surface area contributed by atoms with Gasteiger partial charge in [-0.2, -0.15) is 23.7 Å². The van der Waals surface area contributed by atoms with Crippen molar-refractivity contribution in [1.82, 2.24) is 24.5 Å². The van der Waals surface area contributed by atoms with Crippen LogP contribution in [-0.2, 0) is 13.1 Å². The fourth-order valence-electron chi connectivity index (χ4n) is 1.84. The van der Waals surface area contributed by atoms with Crippen molar-refractivity contribution in [3.63, 3.8) is 0 Å². The standard InChI is InChI=1S/C12H14BrF2N5O/c1-3-19-6-8(13)9(17-19)7-18(2)11(21)10-4-5-16-20(10)12(14)15/h4-6,12H,3,7H2,1-2H3. The first kappa shape index (κ1) is 15.6. The SMILES string of the molecule is CCn1cc(Br)c(CN(C)C(=O)c2ccnn2C(F)F)n1. The molecule has 0 spiro atoms. The number of aryl methyl sites for hydroxylation is 1. The first-order chi connectivity index (χ1) is 9.93. The summed E-state index contributed by atoms with van der Waals surface area (Å²) in [4.78, 5) is 13.5. The molecule has 2 aromatic rings. The van der Waals surface area contributed by atoms with Crippen LogP contribution in [-0.4, -0.2) is 37.4 Å². The first-order valence-electron chi connectivity index (χ1n) is 6.23. The van der Waals surface area contributed by atoms with E-state index < -0.39 is 12.5 Å². The minimum absolute atomic E-state index is 0.154. The van der Waals surface area contributed by atoms with Gasteiger partial charge in [0.1, 0.15) is 5.69 Å². The van der Waals surface area contributed by atoms with Crippen LogP contribution < -0.4 is 0 Å². The fraction of sp³-hybridized carbons (Fsp3) is 0.417. The highest BCUT2D eigenvalue weighted by Gasteiger charge is 2.22. The lowest BCUT2D eigenvalue weighted by Gasteiger charge is -2.16. The average molecular weight is 362 g/mol. The number of hydrogen-bond acceptors (Lipinski definition) is 3. The Morgan fingerprint density at radius 3 is 2.81 bits per heavy atom. The molecule has 0 saturated heterocycles. The highest BCUT2D eigenvalue weighted by atomic mass is 79.9. The number of alkyl halides is 2. The van der Waals surface area contributed by atoms with Gasteiger partial charge in [0.25, 0.3) is 5.91 Å². The van der Waals surface area contributed by atoms with E-state index in [1.807, 2.05) is 6.92 Å². The van der Waals surface area contributed by atoms with Crippen LogP contribution in [0.25, 0.3) is 0 Å². The third-order valence-corrected chi connectivity index (χ3v) is 3.58. The Morgan fingerprint density at radius 1 is 1.52 bits per heavy atom. The van der Waals surface area contributed by atoms with Crippen LogP contribution in [0.4, 0.5) is 8.78 Å². The predicted molar refractivity (Wildman–Crippen MR) is 74.9 cm³/mol. The van der Waals surface area contributed by atoms with Gasteiger partial charge in [-0.15, -0.1) is 0 Å². The second kappa shape index (κ2) is 6.33. The summed E-state index contributed by atoms with van der Waals surface area (Å²) in [5.74, 6) is -0.536. The molecule has 0 fully saturated rings. The van der Waals surface area contributed by atoms with Crippen molar-refractivity contribution >= 4 is 21.8 Å². The lowest BCUT2D eigenvalue weighted by molar-refractivity contribution is 0.0472. The highest BCUT2D eigenvalue weighted by molar-refractivity contribution is 9.10. The maximum atomic E-state index is 12.7. The zero-order valence-corrected chi connectivity index (χ0v) is 13.1. The fourth-order valence-corrected chi connectivity index (χ4v) is 2.28. The van der Waals surface area contributed by atoms with Crippen LogP contribution in [0, 0.1) is 0 Å². The average Bonchev–Trinajstić information content (AvgIpc) is 3.05. The van der Waals surface area contributed by atoms with E-state index in [1.54, 1.807) is 10.9 Å². The second-order valence-corrected chi connectivity index (χ2v) is 5.23. The maximum absolute atomic E-state index is 12.7. The molecule has 0 atom stereocenters. The number of nitrogens with zero attached hydrogens (tertiary/aromatic N) is 5. The summed E-state index contributed by atoms with van der Waals surface area (Å²) in [5.41, 5.74) is 0.509. The number of halogens is 3. The molecule has 6 nitrogen and oxygen atoms in total. The molecular formula is C12H14BrF2N5O. The van der Waals surface area contributed by atoms with E-state index in [4.69, 9.17) is 0 Å². The number of carbonyl (C=O) groups excluding carboxylic acids is 1. The summed E-state index contributed by atoms with van der Waals surface area (Å²) in [7, 11) is 1.53. The summed E-state index contributed by atoms with van der Waals surface area (Å²) in [6.45, 7) is 0.00697. The Morgan fingerprint density at radius 2 is 2.24 bits per heavy atom. The van der Waals surface area contributed by atoms with Crippen molar-refractivity contribution < 1.29 is 13.6 Å². The van der Waals surface area contributed by atoms with Gasteiger partial charge in [-0.1, -0.05) is 0 Å². The lowest BCUT2D eigenvalue weighted by atomic mass is 10.3. The Labute approximate surface area is 128 Å². The van der Waals surface area contributed by atoms with E-state index in [1.165, 1.54) is 24.2 Å². The van der Waals surface area contributed by atoms with Crippen LogP contribution in [0.3, 0.4) is 0 Å². The largest absolute Gasteiger partial charge is 0.334 e. The molecule has 0 aliphatic carbocycles. The molecule has 0 radical (unpaired) electrons. The van der Waals surface area contributed by atoms with Crippen molar-refractivity contribution in [1.29, 1.82) is 0 Å². The third kappa shape index (κ3) is 3.29. The third-order valence-electron chi connectivity index (χ3n) is 2.92. The summed E-state index contributed by atoms with van der Waals surface area (Å²) >= 11 is 3.36. The van der Waals surface area contributed by atoms with E-state index in [-0.39, 0.29) is 12.2 Å². The number of aromatic nitrogens is 4. The molecular weight excluding hydrogens is 348 g/mol. The van der Waals surface area contributed by atoms with Gasteiger partial charge in [0.15, 0.2) is 0 Å². The molecule has 2 rings (SSSR count). The molecule has 0 saturated carbocycles. The van der Waals surface area contributed by atoms with Crippen LogP contribution in [0.2, 0.25) is 0 Å². The number of rotatable bonds is 5. The van der Waals surface area contributed by atoms with Gasteiger partial charge in [0.2, 0.25) is 0 Å². The maximum Gasteiger partial charge on any atom is 0.333 e. The molecule has 9 heteroatoms. The summed E-state index contributed by atoms with van der Waals surface area (Å²) in [5, 5.41) is 7.75. The van der Waals surface area contributed by atoms with Crippen molar-refractivity contribution in [2.24, 2.45) is 0 Å². The monoisotopic (exact) mass is 361 g/mol. The molecule has 0 aromatic carbocycles. The molecule has 21 heavy (non-hydrogen) atoms. The summed E-state index contributed by atoms with van der Waals surface area (Å²) in [6.07, 6.45) is 2.98. The topological polar surface area (TPSA) is 56.0 Å². The second-order valence-electron chi connectivity index (χ2n) is 4.38. The van der Waals surface area contributed by atoms with Crippen molar-refractivity contribution in [2.45, 2.75) is 26.6 Å². The molecule has 0 N–H and O–H groups in total. The van der Waals surface area contributed by atoms with E-state index in [2.05, 4.69) is 26.1 Å². The highest BCUT2D eigenvalue weighted by Crippen LogP contribution is 2.18. The van der Waals surface area contributed by atoms with Crippen LogP contribution in [0.1, 0.15) is 29.7 Å². The Hall–Kier alpha value is -1.77. The Bertz CT molecular complexity index is 639. The van der Waals surface area contributed by atoms with E-state index in [0.717, 1.165) is 4.47 Å². The minimum Gasteiger partial charge on any atom is -0.334 e. The molecule has 114 valence electrons. The van der Waals surface area contributed by atoms with Gasteiger partial charge in [0.05, 0.1) is 16.7 Å². The molecule has 0 aliphatic rings. The van der Waals surface area contributed by atoms with Crippen LogP contribution in [0.5, 0.6) is 0 Å². The smallest absolute Gasteiger partial charge is 0.333 e. The quantitative estimate of drug-likeness (QED) is 0.822. The Kier molecular flexibility index (Phi) is 4.71. The molecule has 2 heterocycles. The van der Waals surface area contributed by atoms with Crippen molar-refractivity contribution in [3.8, 4) is 0 Å². The minimum atomic E-state index is -2.85. The Balaban J connectivity index is 2.15. The molecule has 0 aliphatic heterocycles. The normalized spacial score (nSPS) is 11.1. The molecule has 0 unspecified atom stereocenters. The van der Waals surface area contributed by atoms with Crippen LogP contribution in [0.15, 0.2) is 22.9 Å². The van der Waals surface area contributed by atoms with Gasteiger partial charge in [-0.05, 0) is 28.9 Å². The van der Waals surface area contributed by atoms with Gasteiger partial charge in [-0.25, -0.2) is 0 Å². The van der Waals surface area contributed by atoms with Gasteiger partial charge in [-0.3, -0.25) is 9.48 Å². The van der Waals surface area contributed by atoms with E-state index >= 15 is 0 Å². The summed E-state index contributed by atoms with van der Waals surface area (Å²) < 4.78 is 28.4. The summed E-state index contributed by atoms with van der Waals surface area (Å²) in [6, 6.07) is 1.27. The predicted octanol–water partition coefficient (Wildman–Crippen LogP) is 2.53. The zero-order valence-electron chi connectivity index (χ0n) is 11.5. The van der Waals surface area contributed by atoms with Crippen molar-refractivity contribution in [3.05, 3.63) is 34.3 Å². The first-order valence-corrected chi connectivity index (χ1v) is 7.02. The van der Waals surface area contributed by atoms with E-state index in [0.29, 0.717) is 16.9 Å². The number of hydrogen-bond donors (Lipinski definition) is 0. The van der Waals surface area contributed by atoms with Crippen LogP contribution >= 0.6 is 15.9 Å².